The highest BCUT2D eigenvalue weighted by Crippen LogP contribution is 2.30. The zero-order valence-electron chi connectivity index (χ0n) is 20.1. The van der Waals surface area contributed by atoms with E-state index in [4.69, 9.17) is 0 Å². The van der Waals surface area contributed by atoms with Gasteiger partial charge in [0.2, 0.25) is 15.7 Å². The molecule has 202 valence electrons. The summed E-state index contributed by atoms with van der Waals surface area (Å²) in [7, 11) is -4.01. The number of hydrogen-bond donors (Lipinski definition) is 1. The van der Waals surface area contributed by atoms with Crippen LogP contribution in [0.15, 0.2) is 98.0 Å². The molecular formula is C25H16FN5O6S3. The van der Waals surface area contributed by atoms with Crippen LogP contribution in [0, 0.1) is 15.9 Å². The molecule has 0 bridgehead atoms. The summed E-state index contributed by atoms with van der Waals surface area (Å²) in [5.41, 5.74) is 0.156. The van der Waals surface area contributed by atoms with Gasteiger partial charge in [0.15, 0.2) is 10.3 Å². The zero-order valence-corrected chi connectivity index (χ0v) is 22.5. The van der Waals surface area contributed by atoms with Crippen LogP contribution in [0.3, 0.4) is 0 Å². The number of carbonyl (C=O) groups excluding carboxylic acids is 1. The summed E-state index contributed by atoms with van der Waals surface area (Å²) >= 11 is 1.69. The summed E-state index contributed by atoms with van der Waals surface area (Å²) in [6.07, 6.45) is 1.08. The standard InChI is InChI=1S/C25H16FN5O6S3/c26-15-5-7-16(8-6-15)30-23(33)19-3-1-2-4-20(19)28-25(30)38-14-21(32)29-24-27-13-22(39-24)40(36,37)18-11-9-17(10-12-18)31(34)35/h1-13H,14H2,(H,27,29,32). The molecule has 0 aliphatic carbocycles. The molecule has 0 atom stereocenters. The SMILES string of the molecule is O=C(CSc1nc2ccccc2c(=O)n1-c1ccc(F)cc1)Nc1ncc(S(=O)(=O)c2ccc([N+](=O)[O-])cc2)s1. The molecule has 0 fully saturated rings. The van der Waals surface area contributed by atoms with Crippen LogP contribution in [0.25, 0.3) is 16.6 Å². The van der Waals surface area contributed by atoms with Gasteiger partial charge in [-0.1, -0.05) is 35.2 Å². The maximum atomic E-state index is 13.5. The molecule has 0 saturated heterocycles. The monoisotopic (exact) mass is 597 g/mol. The lowest BCUT2D eigenvalue weighted by Crippen LogP contribution is -2.23. The molecule has 0 aliphatic rings. The Morgan fingerprint density at radius 3 is 2.48 bits per heavy atom. The molecule has 1 amide bonds. The molecule has 0 radical (unpaired) electrons. The van der Waals surface area contributed by atoms with Gasteiger partial charge in [-0.25, -0.2) is 22.8 Å². The predicted molar refractivity (Wildman–Crippen MR) is 147 cm³/mol. The number of nitrogens with zero attached hydrogens (tertiary/aromatic N) is 4. The molecule has 2 heterocycles. The van der Waals surface area contributed by atoms with E-state index in [1.807, 2.05) is 0 Å². The number of nitrogens with one attached hydrogen (secondary N) is 1. The van der Waals surface area contributed by atoms with E-state index in [1.165, 1.54) is 28.8 Å². The average molecular weight is 598 g/mol. The Hall–Kier alpha value is -4.47. The van der Waals surface area contributed by atoms with Crippen LogP contribution in [-0.2, 0) is 14.6 Å². The van der Waals surface area contributed by atoms with Crippen molar-refractivity contribution in [2.24, 2.45) is 0 Å². The number of para-hydroxylation sites is 1. The fraction of sp³-hybridized carbons (Fsp3) is 0.0400. The normalized spacial score (nSPS) is 11.4. The van der Waals surface area contributed by atoms with E-state index < -0.39 is 26.5 Å². The smallest absolute Gasteiger partial charge is 0.269 e. The second-order valence-electron chi connectivity index (χ2n) is 8.10. The van der Waals surface area contributed by atoms with E-state index in [0.717, 1.165) is 53.6 Å². The van der Waals surface area contributed by atoms with Gasteiger partial charge in [-0.2, -0.15) is 0 Å². The summed E-state index contributed by atoms with van der Waals surface area (Å²) in [6.45, 7) is 0. The van der Waals surface area contributed by atoms with Crippen molar-refractivity contribution in [3.05, 3.63) is 105 Å². The van der Waals surface area contributed by atoms with Crippen LogP contribution in [0.4, 0.5) is 15.2 Å². The number of aromatic nitrogens is 3. The Morgan fingerprint density at radius 2 is 1.77 bits per heavy atom. The fourth-order valence-electron chi connectivity index (χ4n) is 3.62. The molecule has 5 rings (SSSR count). The summed E-state index contributed by atoms with van der Waals surface area (Å²) in [6, 6.07) is 16.4. The van der Waals surface area contributed by atoms with Crippen molar-refractivity contribution >= 4 is 60.6 Å². The minimum absolute atomic E-state index is 0.0217. The third-order valence-electron chi connectivity index (χ3n) is 5.52. The molecule has 0 saturated carbocycles. The first-order valence-electron chi connectivity index (χ1n) is 11.3. The van der Waals surface area contributed by atoms with Crippen molar-refractivity contribution in [1.29, 1.82) is 0 Å². The Kier molecular flexibility index (Phi) is 7.42. The summed E-state index contributed by atoms with van der Waals surface area (Å²) in [5.74, 6) is -1.21. The van der Waals surface area contributed by atoms with E-state index in [9.17, 15) is 32.5 Å². The second-order valence-corrected chi connectivity index (χ2v) is 12.3. The third kappa shape index (κ3) is 5.47. The molecule has 11 nitrogen and oxygen atoms in total. The van der Waals surface area contributed by atoms with E-state index in [-0.39, 0.29) is 36.4 Å². The lowest BCUT2D eigenvalue weighted by molar-refractivity contribution is -0.384. The van der Waals surface area contributed by atoms with Gasteiger partial charge in [0.05, 0.1) is 38.4 Å². The highest BCUT2D eigenvalue weighted by molar-refractivity contribution is 7.99. The van der Waals surface area contributed by atoms with Crippen molar-refractivity contribution in [1.82, 2.24) is 14.5 Å². The molecule has 5 aromatic rings. The largest absolute Gasteiger partial charge is 0.301 e. The Balaban J connectivity index is 1.35. The molecule has 0 spiro atoms. The highest BCUT2D eigenvalue weighted by atomic mass is 32.2. The van der Waals surface area contributed by atoms with Gasteiger partial charge in [-0.05, 0) is 48.5 Å². The number of hydrogen-bond acceptors (Lipinski definition) is 10. The van der Waals surface area contributed by atoms with Gasteiger partial charge in [0.25, 0.3) is 11.2 Å². The number of thiazole rings is 1. The number of thioether (sulfide) groups is 1. The first-order valence-corrected chi connectivity index (χ1v) is 14.6. The third-order valence-corrected chi connectivity index (χ3v) is 9.60. The summed E-state index contributed by atoms with van der Waals surface area (Å²) in [4.78, 5) is 44.5. The zero-order chi connectivity index (χ0) is 28.4. The van der Waals surface area contributed by atoms with Crippen LogP contribution < -0.4 is 10.9 Å². The number of non-ortho nitro benzene ring substituents is 1. The topological polar surface area (TPSA) is 154 Å². The van der Waals surface area contributed by atoms with E-state index in [1.54, 1.807) is 24.3 Å². The van der Waals surface area contributed by atoms with Crippen molar-refractivity contribution in [3.8, 4) is 5.69 Å². The first kappa shape index (κ1) is 27.1. The van der Waals surface area contributed by atoms with E-state index in [0.29, 0.717) is 16.6 Å². The lowest BCUT2D eigenvalue weighted by Gasteiger charge is -2.13. The van der Waals surface area contributed by atoms with Gasteiger partial charge in [0, 0.05) is 12.1 Å². The number of halogens is 1. The molecule has 3 aromatic carbocycles. The van der Waals surface area contributed by atoms with Gasteiger partial charge >= 0.3 is 0 Å². The minimum Gasteiger partial charge on any atom is -0.301 e. The number of fused-ring (bicyclic) bond motifs is 1. The lowest BCUT2D eigenvalue weighted by atomic mass is 10.2. The summed E-state index contributed by atoms with van der Waals surface area (Å²) < 4.78 is 40.4. The number of benzene rings is 3. The molecule has 0 aliphatic heterocycles. The minimum atomic E-state index is -4.01. The first-order chi connectivity index (χ1) is 19.1. The predicted octanol–water partition coefficient (Wildman–Crippen LogP) is 4.45. The Bertz CT molecular complexity index is 1920. The van der Waals surface area contributed by atoms with Gasteiger partial charge < -0.3 is 5.32 Å². The quantitative estimate of drug-likeness (QED) is 0.118. The van der Waals surface area contributed by atoms with Gasteiger partial charge in [-0.15, -0.1) is 0 Å². The van der Waals surface area contributed by atoms with Crippen molar-refractivity contribution < 1.29 is 22.5 Å². The van der Waals surface area contributed by atoms with Crippen LogP contribution in [-0.4, -0.2) is 39.5 Å². The Labute approximate surface area is 233 Å². The number of carbonyl (C=O) groups is 1. The van der Waals surface area contributed by atoms with Gasteiger partial charge in [-0.3, -0.25) is 24.3 Å². The van der Waals surface area contributed by atoms with Crippen LogP contribution in [0.2, 0.25) is 0 Å². The summed E-state index contributed by atoms with van der Waals surface area (Å²) in [5, 5.41) is 13.9. The molecule has 2 aromatic heterocycles. The molecule has 1 N–H and O–H groups in total. The van der Waals surface area contributed by atoms with Crippen molar-refractivity contribution in [2.45, 2.75) is 14.3 Å². The molecule has 15 heteroatoms. The van der Waals surface area contributed by atoms with Gasteiger partial charge in [0.1, 0.15) is 10.0 Å². The number of anilines is 1. The van der Waals surface area contributed by atoms with Crippen LogP contribution in [0.5, 0.6) is 0 Å². The van der Waals surface area contributed by atoms with Crippen LogP contribution in [0.1, 0.15) is 0 Å². The average Bonchev–Trinajstić information content (AvgIpc) is 3.42. The maximum absolute atomic E-state index is 13.5. The highest BCUT2D eigenvalue weighted by Gasteiger charge is 2.23. The van der Waals surface area contributed by atoms with E-state index >= 15 is 0 Å². The Morgan fingerprint density at radius 1 is 1.07 bits per heavy atom. The number of rotatable bonds is 8. The van der Waals surface area contributed by atoms with Crippen molar-refractivity contribution in [3.63, 3.8) is 0 Å². The fourth-order valence-corrected chi connectivity index (χ4v) is 6.88. The number of sulfone groups is 1. The maximum Gasteiger partial charge on any atom is 0.269 e. The second kappa shape index (κ2) is 11.0. The molecule has 40 heavy (non-hydrogen) atoms. The number of amides is 1. The number of nitro groups is 1. The van der Waals surface area contributed by atoms with Crippen LogP contribution >= 0.6 is 23.1 Å². The van der Waals surface area contributed by atoms with Crippen molar-refractivity contribution in [2.75, 3.05) is 11.1 Å². The molecule has 0 unspecified atom stereocenters. The number of nitro benzene ring substituents is 1. The van der Waals surface area contributed by atoms with E-state index in [2.05, 4.69) is 15.3 Å². The molecular weight excluding hydrogens is 582 g/mol.